The van der Waals surface area contributed by atoms with Gasteiger partial charge in [0.1, 0.15) is 12.4 Å². The smallest absolute Gasteiger partial charge is 0.226 e. The normalized spacial score (nSPS) is 10.3. The number of benzene rings is 2. The van der Waals surface area contributed by atoms with Crippen LogP contribution in [0.2, 0.25) is 0 Å². The zero-order chi connectivity index (χ0) is 15.9. The molecule has 1 amide bonds. The zero-order valence-corrected chi connectivity index (χ0v) is 13.1. The van der Waals surface area contributed by atoms with Crippen LogP contribution in [0.4, 0.5) is 5.69 Å². The van der Waals surface area contributed by atoms with Gasteiger partial charge in [0.25, 0.3) is 0 Å². The van der Waals surface area contributed by atoms with E-state index in [1.165, 1.54) is 0 Å². The second-order valence-electron chi connectivity index (χ2n) is 5.35. The first-order valence-electron chi connectivity index (χ1n) is 7.33. The summed E-state index contributed by atoms with van der Waals surface area (Å²) < 4.78 is 5.71. The van der Waals surface area contributed by atoms with E-state index in [2.05, 4.69) is 0 Å². The number of aryl methyl sites for hydroxylation is 1. The molecule has 0 heterocycles. The Balaban J connectivity index is 1.80. The van der Waals surface area contributed by atoms with E-state index in [9.17, 15) is 4.79 Å². The molecule has 0 atom stereocenters. The Morgan fingerprint density at radius 3 is 2.68 bits per heavy atom. The van der Waals surface area contributed by atoms with Gasteiger partial charge in [-0.2, -0.15) is 0 Å². The van der Waals surface area contributed by atoms with Crippen molar-refractivity contribution >= 4 is 11.6 Å². The molecule has 2 aromatic carbocycles. The van der Waals surface area contributed by atoms with Gasteiger partial charge in [0.15, 0.2) is 0 Å². The summed E-state index contributed by atoms with van der Waals surface area (Å²) >= 11 is 0. The molecular formula is C18H22N2O2. The molecule has 116 valence electrons. The van der Waals surface area contributed by atoms with Gasteiger partial charge in [0.05, 0.1) is 13.0 Å². The lowest BCUT2D eigenvalue weighted by Gasteiger charge is -2.18. The number of carbonyl (C=O) groups is 1. The summed E-state index contributed by atoms with van der Waals surface area (Å²) in [6.07, 6.45) is 0.353. The van der Waals surface area contributed by atoms with E-state index in [1.54, 1.807) is 11.9 Å². The second kappa shape index (κ2) is 7.50. The van der Waals surface area contributed by atoms with Gasteiger partial charge in [0.2, 0.25) is 5.91 Å². The fourth-order valence-electron chi connectivity index (χ4n) is 2.15. The van der Waals surface area contributed by atoms with E-state index < -0.39 is 0 Å². The van der Waals surface area contributed by atoms with Crippen molar-refractivity contribution < 1.29 is 9.53 Å². The van der Waals surface area contributed by atoms with Crippen molar-refractivity contribution in [1.29, 1.82) is 0 Å². The van der Waals surface area contributed by atoms with Gasteiger partial charge < -0.3 is 15.4 Å². The number of nitrogens with zero attached hydrogens (tertiary/aromatic N) is 1. The molecule has 4 heteroatoms. The summed E-state index contributed by atoms with van der Waals surface area (Å²) in [5, 5.41) is 0. The Hall–Kier alpha value is -2.49. The fourth-order valence-corrected chi connectivity index (χ4v) is 2.15. The minimum atomic E-state index is 0.0546. The lowest BCUT2D eigenvalue weighted by molar-refractivity contribution is -0.129. The summed E-state index contributed by atoms with van der Waals surface area (Å²) in [5.41, 5.74) is 8.42. The van der Waals surface area contributed by atoms with E-state index in [0.717, 1.165) is 16.9 Å². The van der Waals surface area contributed by atoms with Crippen LogP contribution in [-0.4, -0.2) is 31.0 Å². The van der Waals surface area contributed by atoms with Gasteiger partial charge in [-0.25, -0.2) is 0 Å². The summed E-state index contributed by atoms with van der Waals surface area (Å²) in [6.45, 7) is 3.03. The largest absolute Gasteiger partial charge is 0.491 e. The minimum Gasteiger partial charge on any atom is -0.491 e. The van der Waals surface area contributed by atoms with Gasteiger partial charge in [-0.3, -0.25) is 4.79 Å². The lowest BCUT2D eigenvalue weighted by atomic mass is 10.1. The Bertz CT molecular complexity index is 640. The molecule has 0 fully saturated rings. The van der Waals surface area contributed by atoms with E-state index in [1.807, 2.05) is 55.5 Å². The molecule has 0 aliphatic rings. The number of para-hydroxylation sites is 1. The molecule has 0 aliphatic heterocycles. The number of nitrogen functional groups attached to an aromatic ring is 1. The highest BCUT2D eigenvalue weighted by Gasteiger charge is 2.10. The van der Waals surface area contributed by atoms with Crippen molar-refractivity contribution in [2.75, 3.05) is 25.9 Å². The van der Waals surface area contributed by atoms with Gasteiger partial charge in [-0.1, -0.05) is 30.3 Å². The van der Waals surface area contributed by atoms with Crippen LogP contribution in [0.3, 0.4) is 0 Å². The molecule has 2 rings (SSSR count). The van der Waals surface area contributed by atoms with E-state index in [-0.39, 0.29) is 5.91 Å². The number of likely N-dealkylation sites (N-methyl/N-ethyl adjacent to an activating group) is 1. The van der Waals surface area contributed by atoms with Crippen LogP contribution in [0.25, 0.3) is 0 Å². The third-order valence-electron chi connectivity index (χ3n) is 3.51. The third-order valence-corrected chi connectivity index (χ3v) is 3.51. The molecule has 0 saturated heterocycles. The van der Waals surface area contributed by atoms with E-state index >= 15 is 0 Å². The highest BCUT2D eigenvalue weighted by atomic mass is 16.5. The van der Waals surface area contributed by atoms with Crippen LogP contribution in [0.5, 0.6) is 5.75 Å². The Morgan fingerprint density at radius 2 is 1.95 bits per heavy atom. The standard InChI is InChI=1S/C18H22N2O2/c1-14-6-3-4-9-17(14)22-11-10-20(2)18(21)13-15-7-5-8-16(19)12-15/h3-9,12H,10-11,13,19H2,1-2H3. The highest BCUT2D eigenvalue weighted by Crippen LogP contribution is 2.16. The molecule has 0 saturated carbocycles. The van der Waals surface area contributed by atoms with Crippen molar-refractivity contribution in [3.8, 4) is 5.75 Å². The highest BCUT2D eigenvalue weighted by molar-refractivity contribution is 5.78. The number of nitrogens with two attached hydrogens (primary N) is 1. The SMILES string of the molecule is Cc1ccccc1OCCN(C)C(=O)Cc1cccc(N)c1. The molecule has 4 nitrogen and oxygen atoms in total. The van der Waals surface area contributed by atoms with Crippen LogP contribution < -0.4 is 10.5 Å². The average Bonchev–Trinajstić information content (AvgIpc) is 2.49. The predicted molar refractivity (Wildman–Crippen MR) is 88.9 cm³/mol. The summed E-state index contributed by atoms with van der Waals surface area (Å²) in [4.78, 5) is 13.8. The first-order valence-corrected chi connectivity index (χ1v) is 7.33. The first kappa shape index (κ1) is 15.9. The van der Waals surface area contributed by atoms with Gasteiger partial charge >= 0.3 is 0 Å². The average molecular weight is 298 g/mol. The topological polar surface area (TPSA) is 55.6 Å². The minimum absolute atomic E-state index is 0.0546. The number of hydrogen-bond acceptors (Lipinski definition) is 3. The van der Waals surface area contributed by atoms with Crippen LogP contribution in [0.15, 0.2) is 48.5 Å². The quantitative estimate of drug-likeness (QED) is 0.834. The van der Waals surface area contributed by atoms with Crippen LogP contribution in [0.1, 0.15) is 11.1 Å². The number of ether oxygens (including phenoxy) is 1. The van der Waals surface area contributed by atoms with Crippen molar-refractivity contribution in [1.82, 2.24) is 4.90 Å². The summed E-state index contributed by atoms with van der Waals surface area (Å²) in [7, 11) is 1.79. The zero-order valence-electron chi connectivity index (χ0n) is 13.1. The van der Waals surface area contributed by atoms with E-state index in [4.69, 9.17) is 10.5 Å². The number of hydrogen-bond donors (Lipinski definition) is 1. The Kier molecular flexibility index (Phi) is 5.42. The van der Waals surface area contributed by atoms with Crippen molar-refractivity contribution in [3.63, 3.8) is 0 Å². The number of carbonyl (C=O) groups excluding carboxylic acids is 1. The van der Waals surface area contributed by atoms with E-state index in [0.29, 0.717) is 25.3 Å². The predicted octanol–water partition coefficient (Wildman–Crippen LogP) is 2.66. The molecule has 0 aliphatic carbocycles. The molecule has 0 spiro atoms. The Morgan fingerprint density at radius 1 is 1.18 bits per heavy atom. The number of anilines is 1. The second-order valence-corrected chi connectivity index (χ2v) is 5.35. The van der Waals surface area contributed by atoms with Crippen molar-refractivity contribution in [2.45, 2.75) is 13.3 Å². The van der Waals surface area contributed by atoms with Gasteiger partial charge in [0, 0.05) is 12.7 Å². The van der Waals surface area contributed by atoms with Crippen LogP contribution in [0, 0.1) is 6.92 Å². The maximum Gasteiger partial charge on any atom is 0.226 e. The van der Waals surface area contributed by atoms with Gasteiger partial charge in [-0.15, -0.1) is 0 Å². The molecule has 0 bridgehead atoms. The maximum atomic E-state index is 12.2. The maximum absolute atomic E-state index is 12.2. The van der Waals surface area contributed by atoms with Gasteiger partial charge in [-0.05, 0) is 36.2 Å². The van der Waals surface area contributed by atoms with Crippen molar-refractivity contribution in [3.05, 3.63) is 59.7 Å². The molecule has 0 unspecified atom stereocenters. The lowest BCUT2D eigenvalue weighted by Crippen LogP contribution is -2.32. The van der Waals surface area contributed by atoms with Crippen LogP contribution in [-0.2, 0) is 11.2 Å². The third kappa shape index (κ3) is 4.52. The molecule has 0 aromatic heterocycles. The van der Waals surface area contributed by atoms with Crippen molar-refractivity contribution in [2.24, 2.45) is 0 Å². The Labute approximate surface area is 131 Å². The fraction of sp³-hybridized carbons (Fsp3) is 0.278. The molecule has 22 heavy (non-hydrogen) atoms. The summed E-state index contributed by atoms with van der Waals surface area (Å²) in [5.74, 6) is 0.915. The summed E-state index contributed by atoms with van der Waals surface area (Å²) in [6, 6.07) is 15.3. The molecule has 0 radical (unpaired) electrons. The number of rotatable bonds is 6. The van der Waals surface area contributed by atoms with Crippen LogP contribution >= 0.6 is 0 Å². The monoisotopic (exact) mass is 298 g/mol. The molecular weight excluding hydrogens is 276 g/mol. The molecule has 2 aromatic rings. The number of amides is 1. The first-order chi connectivity index (χ1) is 10.6. The molecule has 2 N–H and O–H groups in total.